The van der Waals surface area contributed by atoms with Crippen molar-refractivity contribution >= 4 is 22.7 Å². The molecule has 2 aromatic heterocycles. The van der Waals surface area contributed by atoms with E-state index in [-0.39, 0.29) is 33.7 Å². The topological polar surface area (TPSA) is 63.4 Å². The van der Waals surface area contributed by atoms with Gasteiger partial charge in [-0.25, -0.2) is 13.8 Å². The Bertz CT molecular complexity index is 1340. The zero-order valence-electron chi connectivity index (χ0n) is 14.8. The number of carbonyl (C=O) groups excluding carboxylic acids is 1. The van der Waals surface area contributed by atoms with Gasteiger partial charge in [-0.3, -0.25) is 14.5 Å². The maximum atomic E-state index is 14.7. The zero-order valence-corrected chi connectivity index (χ0v) is 14.8. The highest BCUT2D eigenvalue weighted by atomic mass is 19.1. The fourth-order valence-corrected chi connectivity index (χ4v) is 3.67. The SMILES string of the molecule is O=C1c2oc3ccc(F)cc3c(=O)c2[C@H](c2ccccc2F)N1c1ccccn1. The summed E-state index contributed by atoms with van der Waals surface area (Å²) in [5, 5.41) is -0.0132. The van der Waals surface area contributed by atoms with Gasteiger partial charge in [0.15, 0.2) is 5.43 Å². The monoisotopic (exact) mass is 390 g/mol. The first-order valence-corrected chi connectivity index (χ1v) is 8.81. The van der Waals surface area contributed by atoms with Crippen molar-refractivity contribution in [2.24, 2.45) is 0 Å². The standard InChI is InChI=1S/C22H12F2N2O3/c23-12-8-9-16-14(11-12)20(27)18-19(13-5-1-2-6-15(13)24)26(22(28)21(18)29-16)17-7-3-4-10-25-17/h1-11,19H/t19-/m0/s1. The van der Waals surface area contributed by atoms with Gasteiger partial charge in [0, 0.05) is 11.8 Å². The summed E-state index contributed by atoms with van der Waals surface area (Å²) in [5.74, 6) is -1.77. The number of nitrogens with zero attached hydrogens (tertiary/aromatic N) is 2. The molecule has 29 heavy (non-hydrogen) atoms. The van der Waals surface area contributed by atoms with E-state index in [0.29, 0.717) is 0 Å². The van der Waals surface area contributed by atoms with Gasteiger partial charge in [0.05, 0.1) is 17.0 Å². The molecule has 5 rings (SSSR count). The van der Waals surface area contributed by atoms with E-state index in [1.165, 1.54) is 35.4 Å². The molecule has 0 saturated carbocycles. The lowest BCUT2D eigenvalue weighted by Gasteiger charge is -2.24. The molecule has 0 radical (unpaired) electrons. The Kier molecular flexibility index (Phi) is 3.77. The normalized spacial score (nSPS) is 15.7. The molecule has 1 atom stereocenters. The van der Waals surface area contributed by atoms with Gasteiger partial charge >= 0.3 is 0 Å². The molecule has 0 N–H and O–H groups in total. The summed E-state index contributed by atoms with van der Waals surface area (Å²) in [6.07, 6.45) is 1.49. The molecule has 3 heterocycles. The van der Waals surface area contributed by atoms with Gasteiger partial charge < -0.3 is 4.42 Å². The van der Waals surface area contributed by atoms with Crippen molar-refractivity contribution in [1.82, 2.24) is 4.98 Å². The Balaban J connectivity index is 1.86. The highest BCUT2D eigenvalue weighted by Crippen LogP contribution is 2.41. The van der Waals surface area contributed by atoms with Crippen LogP contribution in [0.25, 0.3) is 11.0 Å². The average Bonchev–Trinajstić information content (AvgIpc) is 3.02. The molecular formula is C22H12F2N2O3. The van der Waals surface area contributed by atoms with Crippen LogP contribution in [0.3, 0.4) is 0 Å². The number of carbonyl (C=O) groups is 1. The second-order valence-corrected chi connectivity index (χ2v) is 6.60. The predicted octanol–water partition coefficient (Wildman–Crippen LogP) is 4.22. The van der Waals surface area contributed by atoms with E-state index in [1.807, 2.05) is 0 Å². The summed E-state index contributed by atoms with van der Waals surface area (Å²) >= 11 is 0. The largest absolute Gasteiger partial charge is 0.450 e. The highest BCUT2D eigenvalue weighted by Gasteiger charge is 2.45. The number of benzene rings is 2. The summed E-state index contributed by atoms with van der Waals surface area (Å²) in [4.78, 5) is 31.9. The Morgan fingerprint density at radius 3 is 2.52 bits per heavy atom. The van der Waals surface area contributed by atoms with Crippen LogP contribution in [0, 0.1) is 11.6 Å². The maximum Gasteiger partial charge on any atom is 0.296 e. The number of rotatable bonds is 2. The van der Waals surface area contributed by atoms with E-state index in [4.69, 9.17) is 4.42 Å². The molecule has 4 aromatic rings. The number of fused-ring (bicyclic) bond motifs is 2. The third-order valence-corrected chi connectivity index (χ3v) is 4.93. The predicted molar refractivity (Wildman–Crippen MR) is 102 cm³/mol. The first kappa shape index (κ1) is 17.2. The van der Waals surface area contributed by atoms with Crippen LogP contribution >= 0.6 is 0 Å². The lowest BCUT2D eigenvalue weighted by Crippen LogP contribution is -2.30. The van der Waals surface area contributed by atoms with Crippen molar-refractivity contribution in [2.75, 3.05) is 4.90 Å². The van der Waals surface area contributed by atoms with Gasteiger partial charge in [0.25, 0.3) is 5.91 Å². The van der Waals surface area contributed by atoms with Crippen LogP contribution in [-0.4, -0.2) is 10.9 Å². The smallest absolute Gasteiger partial charge is 0.296 e. The van der Waals surface area contributed by atoms with Crippen LogP contribution in [0.15, 0.2) is 76.1 Å². The van der Waals surface area contributed by atoms with Crippen LogP contribution in [0.2, 0.25) is 0 Å². The number of hydrogen-bond acceptors (Lipinski definition) is 4. The second-order valence-electron chi connectivity index (χ2n) is 6.60. The molecule has 0 unspecified atom stereocenters. The molecular weight excluding hydrogens is 378 g/mol. The van der Waals surface area contributed by atoms with E-state index in [9.17, 15) is 18.4 Å². The van der Waals surface area contributed by atoms with Crippen LogP contribution < -0.4 is 10.3 Å². The van der Waals surface area contributed by atoms with Crippen LogP contribution in [0.5, 0.6) is 0 Å². The third-order valence-electron chi connectivity index (χ3n) is 4.93. The molecule has 1 amide bonds. The fourth-order valence-electron chi connectivity index (χ4n) is 3.67. The summed E-state index contributed by atoms with van der Waals surface area (Å²) < 4.78 is 34.1. The minimum Gasteiger partial charge on any atom is -0.450 e. The lowest BCUT2D eigenvalue weighted by atomic mass is 9.98. The molecule has 0 bridgehead atoms. The van der Waals surface area contributed by atoms with E-state index in [1.54, 1.807) is 24.3 Å². The van der Waals surface area contributed by atoms with E-state index < -0.39 is 29.0 Å². The quantitative estimate of drug-likeness (QED) is 0.514. The van der Waals surface area contributed by atoms with Gasteiger partial charge in [-0.15, -0.1) is 0 Å². The van der Waals surface area contributed by atoms with Crippen molar-refractivity contribution < 1.29 is 18.0 Å². The molecule has 2 aromatic carbocycles. The molecule has 1 aliphatic heterocycles. The minimum absolute atomic E-state index is 0.0132. The second kappa shape index (κ2) is 6.34. The number of halogens is 2. The molecule has 1 aliphatic rings. The molecule has 0 fully saturated rings. The fraction of sp³-hybridized carbons (Fsp3) is 0.0455. The molecule has 5 nitrogen and oxygen atoms in total. The highest BCUT2D eigenvalue weighted by molar-refractivity contribution is 6.10. The van der Waals surface area contributed by atoms with Gasteiger partial charge in [-0.05, 0) is 36.4 Å². The van der Waals surface area contributed by atoms with Gasteiger partial charge in [-0.2, -0.15) is 0 Å². The minimum atomic E-state index is -1.09. The Morgan fingerprint density at radius 2 is 1.76 bits per heavy atom. The summed E-state index contributed by atoms with van der Waals surface area (Å²) in [5.41, 5.74) is -0.420. The van der Waals surface area contributed by atoms with Crippen molar-refractivity contribution in [3.63, 3.8) is 0 Å². The van der Waals surface area contributed by atoms with Gasteiger partial charge in [-0.1, -0.05) is 24.3 Å². The molecule has 142 valence electrons. The summed E-state index contributed by atoms with van der Waals surface area (Å²) in [6.45, 7) is 0. The Labute approximate surface area is 162 Å². The van der Waals surface area contributed by atoms with Gasteiger partial charge in [0.1, 0.15) is 23.0 Å². The Hall–Kier alpha value is -3.87. The number of pyridine rings is 1. The van der Waals surface area contributed by atoms with Crippen LogP contribution in [-0.2, 0) is 0 Å². The van der Waals surface area contributed by atoms with Crippen molar-refractivity contribution in [3.05, 3.63) is 106 Å². The number of aromatic nitrogens is 1. The number of amides is 1. The first-order chi connectivity index (χ1) is 14.1. The molecule has 0 saturated heterocycles. The number of anilines is 1. The van der Waals surface area contributed by atoms with Crippen molar-refractivity contribution in [2.45, 2.75) is 6.04 Å². The molecule has 0 spiro atoms. The van der Waals surface area contributed by atoms with E-state index >= 15 is 0 Å². The van der Waals surface area contributed by atoms with Crippen LogP contribution in [0.4, 0.5) is 14.6 Å². The maximum absolute atomic E-state index is 14.7. The Morgan fingerprint density at radius 1 is 0.966 bits per heavy atom. The summed E-state index contributed by atoms with van der Waals surface area (Å²) in [7, 11) is 0. The van der Waals surface area contributed by atoms with Crippen LogP contribution in [0.1, 0.15) is 27.7 Å². The van der Waals surface area contributed by atoms with E-state index in [0.717, 1.165) is 12.1 Å². The third kappa shape index (κ3) is 2.55. The first-order valence-electron chi connectivity index (χ1n) is 8.81. The van der Waals surface area contributed by atoms with Gasteiger partial charge in [0.2, 0.25) is 5.76 Å². The molecule has 0 aliphatic carbocycles. The van der Waals surface area contributed by atoms with Crippen molar-refractivity contribution in [3.8, 4) is 0 Å². The van der Waals surface area contributed by atoms with Crippen molar-refractivity contribution in [1.29, 1.82) is 0 Å². The average molecular weight is 390 g/mol. The number of hydrogen-bond donors (Lipinski definition) is 0. The zero-order chi connectivity index (χ0) is 20.1. The van der Waals surface area contributed by atoms with E-state index in [2.05, 4.69) is 4.98 Å². The summed E-state index contributed by atoms with van der Waals surface area (Å²) in [6, 6.07) is 13.2. The molecule has 7 heteroatoms. The lowest BCUT2D eigenvalue weighted by molar-refractivity contribution is 0.0970.